The molecule has 0 radical (unpaired) electrons. The third-order valence-corrected chi connectivity index (χ3v) is 6.73. The Balaban J connectivity index is 1.62. The quantitative estimate of drug-likeness (QED) is 0.312. The van der Waals surface area contributed by atoms with Crippen LogP contribution in [-0.4, -0.2) is 34.0 Å². The van der Waals surface area contributed by atoms with Crippen molar-refractivity contribution in [1.82, 2.24) is 19.3 Å². The summed E-state index contributed by atoms with van der Waals surface area (Å²) in [5.74, 6) is 0.624. The zero-order valence-corrected chi connectivity index (χ0v) is 18.5. The fraction of sp³-hybridized carbons (Fsp3) is 0.261. The predicted octanol–water partition coefficient (Wildman–Crippen LogP) is 5.07. The number of ether oxygens (including phenoxy) is 1. The lowest BCUT2D eigenvalue weighted by atomic mass is 10.1. The Labute approximate surface area is 177 Å². The minimum Gasteiger partial charge on any atom is -0.361 e. The molecule has 1 aromatic carbocycles. The summed E-state index contributed by atoms with van der Waals surface area (Å²) in [6, 6.07) is 17.2. The molecule has 152 valence electrons. The second kappa shape index (κ2) is 8.26. The van der Waals surface area contributed by atoms with Gasteiger partial charge < -0.3 is 9.30 Å². The summed E-state index contributed by atoms with van der Waals surface area (Å²) in [6.07, 6.45) is 5.45. The molecular formula is C23H25N5OSi. The predicted molar refractivity (Wildman–Crippen MR) is 121 cm³/mol. The number of nitrogens with zero attached hydrogens (tertiary/aromatic N) is 5. The number of hydrogen-bond acceptors (Lipinski definition) is 4. The average Bonchev–Trinajstić information content (AvgIpc) is 3.37. The molecule has 0 atom stereocenters. The highest BCUT2D eigenvalue weighted by atomic mass is 28.3. The van der Waals surface area contributed by atoms with Crippen LogP contribution in [0, 0.1) is 11.3 Å². The first-order valence-electron chi connectivity index (χ1n) is 10.0. The summed E-state index contributed by atoms with van der Waals surface area (Å²) < 4.78 is 9.85. The monoisotopic (exact) mass is 415 g/mol. The molecule has 0 aliphatic carbocycles. The van der Waals surface area contributed by atoms with E-state index in [-0.39, 0.29) is 0 Å². The Hall–Kier alpha value is -3.21. The van der Waals surface area contributed by atoms with Gasteiger partial charge in [-0.25, -0.2) is 9.67 Å². The summed E-state index contributed by atoms with van der Waals surface area (Å²) in [5, 5.41) is 14.8. The van der Waals surface area contributed by atoms with Gasteiger partial charge in [0.05, 0.1) is 29.0 Å². The smallest absolute Gasteiger partial charge is 0.155 e. The summed E-state index contributed by atoms with van der Waals surface area (Å²) in [4.78, 5) is 4.38. The van der Waals surface area contributed by atoms with Gasteiger partial charge in [-0.2, -0.15) is 10.4 Å². The van der Waals surface area contributed by atoms with Crippen LogP contribution in [0.1, 0.15) is 5.56 Å². The standard InChI is InChI=1S/C23H25N5OSi/c1-30(2,3)13-12-29-17-27-11-8-19-4-5-20(15-22(19)27)21-7-10-26-28(21)23-14-18(16-24)6-9-25-23/h4-11,14-15H,12-13,17H2,1-3H3. The molecule has 0 saturated heterocycles. The highest BCUT2D eigenvalue weighted by Crippen LogP contribution is 2.27. The summed E-state index contributed by atoms with van der Waals surface area (Å²) >= 11 is 0. The van der Waals surface area contributed by atoms with E-state index in [1.54, 1.807) is 29.2 Å². The van der Waals surface area contributed by atoms with Crippen LogP contribution >= 0.6 is 0 Å². The molecule has 0 amide bonds. The van der Waals surface area contributed by atoms with E-state index in [9.17, 15) is 5.26 Å². The fourth-order valence-corrected chi connectivity index (χ4v) is 4.06. The van der Waals surface area contributed by atoms with Crippen molar-refractivity contribution in [2.24, 2.45) is 0 Å². The minimum atomic E-state index is -1.09. The highest BCUT2D eigenvalue weighted by molar-refractivity contribution is 6.76. The first-order valence-corrected chi connectivity index (χ1v) is 13.7. The van der Waals surface area contributed by atoms with E-state index in [0.29, 0.717) is 18.1 Å². The van der Waals surface area contributed by atoms with Crippen molar-refractivity contribution >= 4 is 19.0 Å². The largest absolute Gasteiger partial charge is 0.361 e. The Kier molecular flexibility index (Phi) is 5.53. The number of fused-ring (bicyclic) bond motifs is 1. The van der Waals surface area contributed by atoms with Gasteiger partial charge >= 0.3 is 0 Å². The van der Waals surface area contributed by atoms with Gasteiger partial charge in [0.1, 0.15) is 6.73 Å². The fourth-order valence-electron chi connectivity index (χ4n) is 3.31. The molecule has 3 heterocycles. The molecule has 7 heteroatoms. The number of nitriles is 1. The van der Waals surface area contributed by atoms with Gasteiger partial charge in [-0.1, -0.05) is 31.8 Å². The lowest BCUT2D eigenvalue weighted by Crippen LogP contribution is -2.21. The Morgan fingerprint density at radius 3 is 2.73 bits per heavy atom. The maximum atomic E-state index is 9.18. The molecule has 30 heavy (non-hydrogen) atoms. The van der Waals surface area contributed by atoms with Crippen LogP contribution in [0.5, 0.6) is 0 Å². The maximum Gasteiger partial charge on any atom is 0.155 e. The van der Waals surface area contributed by atoms with E-state index in [0.717, 1.165) is 29.4 Å². The average molecular weight is 416 g/mol. The van der Waals surface area contributed by atoms with Gasteiger partial charge in [0.25, 0.3) is 0 Å². The SMILES string of the molecule is C[Si](C)(C)CCOCn1ccc2ccc(-c3ccnn3-c3cc(C#N)ccn3)cc21. The van der Waals surface area contributed by atoms with E-state index in [2.05, 4.69) is 70.8 Å². The van der Waals surface area contributed by atoms with Crippen molar-refractivity contribution in [3.8, 4) is 23.1 Å². The van der Waals surface area contributed by atoms with Gasteiger partial charge in [-0.15, -0.1) is 0 Å². The zero-order chi connectivity index (χ0) is 21.1. The summed E-state index contributed by atoms with van der Waals surface area (Å²) in [6.45, 7) is 8.42. The number of pyridine rings is 1. The molecule has 4 aromatic rings. The van der Waals surface area contributed by atoms with Crippen LogP contribution in [0.2, 0.25) is 25.7 Å². The van der Waals surface area contributed by atoms with Crippen LogP contribution in [0.4, 0.5) is 0 Å². The highest BCUT2D eigenvalue weighted by Gasteiger charge is 2.13. The molecule has 4 rings (SSSR count). The van der Waals surface area contributed by atoms with Crippen LogP contribution in [0.3, 0.4) is 0 Å². The normalized spacial score (nSPS) is 11.7. The Morgan fingerprint density at radius 2 is 1.93 bits per heavy atom. The van der Waals surface area contributed by atoms with Crippen molar-refractivity contribution in [2.45, 2.75) is 32.4 Å². The number of benzene rings is 1. The number of rotatable bonds is 7. The molecule has 0 aliphatic heterocycles. The molecule has 0 saturated carbocycles. The molecule has 0 bridgehead atoms. The van der Waals surface area contributed by atoms with Crippen LogP contribution < -0.4 is 0 Å². The van der Waals surface area contributed by atoms with Gasteiger partial charge in [0, 0.05) is 38.7 Å². The van der Waals surface area contributed by atoms with Gasteiger partial charge in [0.2, 0.25) is 0 Å². The number of hydrogen-bond donors (Lipinski definition) is 0. The molecule has 0 unspecified atom stereocenters. The van der Waals surface area contributed by atoms with E-state index < -0.39 is 8.07 Å². The van der Waals surface area contributed by atoms with Crippen molar-refractivity contribution in [1.29, 1.82) is 5.26 Å². The van der Waals surface area contributed by atoms with Crippen LogP contribution in [0.25, 0.3) is 28.0 Å². The van der Waals surface area contributed by atoms with Gasteiger partial charge in [0.15, 0.2) is 5.82 Å². The number of aromatic nitrogens is 4. The van der Waals surface area contributed by atoms with Crippen LogP contribution in [0.15, 0.2) is 61.1 Å². The second-order valence-corrected chi connectivity index (χ2v) is 14.2. The van der Waals surface area contributed by atoms with E-state index in [4.69, 9.17) is 4.74 Å². The van der Waals surface area contributed by atoms with Crippen molar-refractivity contribution < 1.29 is 4.74 Å². The van der Waals surface area contributed by atoms with E-state index in [1.165, 1.54) is 5.39 Å². The molecule has 0 fully saturated rings. The van der Waals surface area contributed by atoms with Crippen molar-refractivity contribution in [3.05, 3.63) is 66.6 Å². The summed E-state index contributed by atoms with van der Waals surface area (Å²) in [7, 11) is -1.09. The molecule has 6 nitrogen and oxygen atoms in total. The molecule has 0 N–H and O–H groups in total. The summed E-state index contributed by atoms with van der Waals surface area (Å²) in [5.41, 5.74) is 3.63. The Bertz CT molecular complexity index is 1210. The van der Waals surface area contributed by atoms with E-state index >= 15 is 0 Å². The van der Waals surface area contributed by atoms with Gasteiger partial charge in [-0.3, -0.25) is 0 Å². The molecule has 0 aliphatic rings. The maximum absolute atomic E-state index is 9.18. The van der Waals surface area contributed by atoms with E-state index in [1.807, 2.05) is 6.07 Å². The lowest BCUT2D eigenvalue weighted by Gasteiger charge is -2.16. The zero-order valence-electron chi connectivity index (χ0n) is 17.5. The molecular weight excluding hydrogens is 390 g/mol. The second-order valence-electron chi connectivity index (χ2n) is 8.55. The third kappa shape index (κ3) is 4.35. The van der Waals surface area contributed by atoms with Crippen LogP contribution in [-0.2, 0) is 11.5 Å². The molecule has 0 spiro atoms. The van der Waals surface area contributed by atoms with Crippen molar-refractivity contribution in [2.75, 3.05) is 6.61 Å². The first kappa shape index (κ1) is 20.1. The van der Waals surface area contributed by atoms with Gasteiger partial charge in [-0.05, 0) is 35.7 Å². The van der Waals surface area contributed by atoms with Crippen molar-refractivity contribution in [3.63, 3.8) is 0 Å². The lowest BCUT2D eigenvalue weighted by molar-refractivity contribution is 0.0902. The first-order chi connectivity index (χ1) is 14.4. The third-order valence-electron chi connectivity index (χ3n) is 5.03. The minimum absolute atomic E-state index is 0.544. The Morgan fingerprint density at radius 1 is 1.07 bits per heavy atom. The molecule has 3 aromatic heterocycles. The topological polar surface area (TPSA) is 68.7 Å².